The predicted molar refractivity (Wildman–Crippen MR) is 103 cm³/mol. The van der Waals surface area contributed by atoms with Gasteiger partial charge in [0.2, 0.25) is 0 Å². The Morgan fingerprint density at radius 1 is 1.25 bits per heavy atom. The lowest BCUT2D eigenvalue weighted by molar-refractivity contribution is 0.414. The maximum absolute atomic E-state index is 5.26. The number of hydrogen-bond acceptors (Lipinski definition) is 3. The summed E-state index contributed by atoms with van der Waals surface area (Å²) in [4.78, 5) is 5.69. The molecule has 0 aliphatic carbocycles. The predicted octanol–water partition coefficient (Wildman–Crippen LogP) is 3.66. The fourth-order valence-electron chi connectivity index (χ4n) is 2.47. The summed E-state index contributed by atoms with van der Waals surface area (Å²) in [6, 6.07) is 12.5. The first-order valence-electron chi connectivity index (χ1n) is 8.33. The van der Waals surface area contributed by atoms with Crippen LogP contribution in [0, 0.1) is 0 Å². The molecular weight excluding hydrogens is 318 g/mol. The standard InChI is InChI=1S/C19H27N3OS/c1-15(18-10-6-12-24-18)14-22-19(20-2)21-11-5-8-16-7-4-9-17(13-16)23-3/h4,6-7,9-10,12-13,15H,5,8,11,14H2,1-3H3,(H2,20,21,22). The van der Waals surface area contributed by atoms with Gasteiger partial charge in [-0.15, -0.1) is 11.3 Å². The number of thiophene rings is 1. The molecule has 0 amide bonds. The molecule has 4 nitrogen and oxygen atoms in total. The van der Waals surface area contributed by atoms with Gasteiger partial charge in [-0.2, -0.15) is 0 Å². The van der Waals surface area contributed by atoms with Crippen LogP contribution >= 0.6 is 11.3 Å². The van der Waals surface area contributed by atoms with Gasteiger partial charge < -0.3 is 15.4 Å². The SMILES string of the molecule is CN=C(NCCCc1cccc(OC)c1)NCC(C)c1cccs1. The molecule has 0 radical (unpaired) electrons. The molecule has 0 saturated heterocycles. The lowest BCUT2D eigenvalue weighted by Crippen LogP contribution is -2.39. The summed E-state index contributed by atoms with van der Waals surface area (Å²) in [5.74, 6) is 2.27. The number of benzene rings is 1. The minimum atomic E-state index is 0.486. The number of nitrogens with zero attached hydrogens (tertiary/aromatic N) is 1. The average molecular weight is 346 g/mol. The molecule has 2 aromatic rings. The highest BCUT2D eigenvalue weighted by atomic mass is 32.1. The van der Waals surface area contributed by atoms with Crippen LogP contribution in [0.1, 0.15) is 29.7 Å². The summed E-state index contributed by atoms with van der Waals surface area (Å²) in [5, 5.41) is 8.90. The Kier molecular flexibility index (Phi) is 7.62. The van der Waals surface area contributed by atoms with Crippen LogP contribution in [-0.4, -0.2) is 33.2 Å². The minimum Gasteiger partial charge on any atom is -0.497 e. The quantitative estimate of drug-likeness (QED) is 0.436. The molecule has 0 fully saturated rings. The molecule has 130 valence electrons. The Morgan fingerprint density at radius 3 is 2.83 bits per heavy atom. The number of aryl methyl sites for hydroxylation is 1. The highest BCUT2D eigenvalue weighted by molar-refractivity contribution is 7.10. The van der Waals surface area contributed by atoms with Gasteiger partial charge in [0, 0.05) is 30.9 Å². The maximum atomic E-state index is 5.26. The second-order valence-corrected chi connectivity index (χ2v) is 6.73. The average Bonchev–Trinajstić information content (AvgIpc) is 3.16. The molecule has 0 saturated carbocycles. The van der Waals surface area contributed by atoms with Gasteiger partial charge in [0.05, 0.1) is 7.11 Å². The number of rotatable bonds is 8. The normalized spacial score (nSPS) is 12.7. The van der Waals surface area contributed by atoms with E-state index >= 15 is 0 Å². The lowest BCUT2D eigenvalue weighted by Gasteiger charge is -2.15. The van der Waals surface area contributed by atoms with E-state index in [2.05, 4.69) is 52.2 Å². The maximum Gasteiger partial charge on any atom is 0.190 e. The number of aliphatic imine (C=N–C) groups is 1. The van der Waals surface area contributed by atoms with Crippen molar-refractivity contribution in [2.75, 3.05) is 27.2 Å². The number of guanidine groups is 1. The molecule has 0 aliphatic rings. The van der Waals surface area contributed by atoms with Gasteiger partial charge in [-0.3, -0.25) is 4.99 Å². The van der Waals surface area contributed by atoms with Crippen LogP contribution in [0.3, 0.4) is 0 Å². The largest absolute Gasteiger partial charge is 0.497 e. The zero-order valence-electron chi connectivity index (χ0n) is 14.7. The summed E-state index contributed by atoms with van der Waals surface area (Å²) in [6.07, 6.45) is 2.07. The smallest absolute Gasteiger partial charge is 0.190 e. The van der Waals surface area contributed by atoms with Gasteiger partial charge in [0.15, 0.2) is 5.96 Å². The van der Waals surface area contributed by atoms with Crippen LogP contribution in [0.5, 0.6) is 5.75 Å². The summed E-state index contributed by atoms with van der Waals surface area (Å²) in [6.45, 7) is 4.01. The molecule has 5 heteroatoms. The van der Waals surface area contributed by atoms with Crippen molar-refractivity contribution in [2.24, 2.45) is 4.99 Å². The van der Waals surface area contributed by atoms with E-state index in [1.165, 1.54) is 10.4 Å². The molecule has 1 atom stereocenters. The fourth-order valence-corrected chi connectivity index (χ4v) is 3.26. The Balaban J connectivity index is 1.68. The topological polar surface area (TPSA) is 45.7 Å². The van der Waals surface area contributed by atoms with Crippen molar-refractivity contribution >= 4 is 17.3 Å². The second-order valence-electron chi connectivity index (χ2n) is 5.75. The highest BCUT2D eigenvalue weighted by Crippen LogP contribution is 2.19. The molecular formula is C19H27N3OS. The molecule has 1 heterocycles. The van der Waals surface area contributed by atoms with E-state index in [-0.39, 0.29) is 0 Å². The van der Waals surface area contributed by atoms with E-state index in [1.807, 2.05) is 19.2 Å². The van der Waals surface area contributed by atoms with Crippen LogP contribution < -0.4 is 15.4 Å². The van der Waals surface area contributed by atoms with E-state index in [1.54, 1.807) is 18.4 Å². The molecule has 24 heavy (non-hydrogen) atoms. The monoisotopic (exact) mass is 345 g/mol. The Labute approximate surface area is 149 Å². The number of nitrogens with one attached hydrogen (secondary N) is 2. The number of methoxy groups -OCH3 is 1. The van der Waals surface area contributed by atoms with Crippen LogP contribution in [0.2, 0.25) is 0 Å². The first-order chi connectivity index (χ1) is 11.7. The number of hydrogen-bond donors (Lipinski definition) is 2. The minimum absolute atomic E-state index is 0.486. The van der Waals surface area contributed by atoms with Crippen LogP contribution in [0.4, 0.5) is 0 Å². The number of ether oxygens (including phenoxy) is 1. The van der Waals surface area contributed by atoms with Gasteiger partial charge >= 0.3 is 0 Å². The van der Waals surface area contributed by atoms with Crippen molar-refractivity contribution in [1.29, 1.82) is 0 Å². The highest BCUT2D eigenvalue weighted by Gasteiger charge is 2.07. The molecule has 1 aromatic heterocycles. The second kappa shape index (κ2) is 9.98. The van der Waals surface area contributed by atoms with Gasteiger partial charge in [-0.05, 0) is 42.0 Å². The fraction of sp³-hybridized carbons (Fsp3) is 0.421. The first kappa shape index (κ1) is 18.3. The zero-order chi connectivity index (χ0) is 17.2. The van der Waals surface area contributed by atoms with Crippen molar-refractivity contribution in [1.82, 2.24) is 10.6 Å². The molecule has 0 spiro atoms. The molecule has 2 rings (SSSR count). The summed E-state index contributed by atoms with van der Waals surface area (Å²) < 4.78 is 5.26. The van der Waals surface area contributed by atoms with Crippen LogP contribution in [-0.2, 0) is 6.42 Å². The lowest BCUT2D eigenvalue weighted by atomic mass is 10.1. The van der Waals surface area contributed by atoms with Gasteiger partial charge in [0.1, 0.15) is 5.75 Å². The Bertz CT molecular complexity index is 625. The van der Waals surface area contributed by atoms with Crippen LogP contribution in [0.15, 0.2) is 46.8 Å². The van der Waals surface area contributed by atoms with Crippen LogP contribution in [0.25, 0.3) is 0 Å². The van der Waals surface area contributed by atoms with E-state index in [0.717, 1.165) is 37.6 Å². The molecule has 0 bridgehead atoms. The van der Waals surface area contributed by atoms with Gasteiger partial charge in [-0.1, -0.05) is 25.1 Å². The van der Waals surface area contributed by atoms with Gasteiger partial charge in [-0.25, -0.2) is 0 Å². The third-order valence-electron chi connectivity index (χ3n) is 3.90. The van der Waals surface area contributed by atoms with Crippen molar-refractivity contribution in [2.45, 2.75) is 25.7 Å². The summed E-state index contributed by atoms with van der Waals surface area (Å²) >= 11 is 1.80. The third kappa shape index (κ3) is 5.89. The first-order valence-corrected chi connectivity index (χ1v) is 9.21. The van der Waals surface area contributed by atoms with E-state index in [9.17, 15) is 0 Å². The van der Waals surface area contributed by atoms with E-state index in [4.69, 9.17) is 4.74 Å². The zero-order valence-corrected chi connectivity index (χ0v) is 15.5. The summed E-state index contributed by atoms with van der Waals surface area (Å²) in [5.41, 5.74) is 1.30. The summed E-state index contributed by atoms with van der Waals surface area (Å²) in [7, 11) is 3.51. The Hall–Kier alpha value is -2.01. The molecule has 2 N–H and O–H groups in total. The van der Waals surface area contributed by atoms with E-state index < -0.39 is 0 Å². The van der Waals surface area contributed by atoms with Crippen molar-refractivity contribution in [3.05, 3.63) is 52.2 Å². The van der Waals surface area contributed by atoms with Crippen molar-refractivity contribution in [3.63, 3.8) is 0 Å². The Morgan fingerprint density at radius 2 is 2.12 bits per heavy atom. The van der Waals surface area contributed by atoms with E-state index in [0.29, 0.717) is 5.92 Å². The third-order valence-corrected chi connectivity index (χ3v) is 5.00. The van der Waals surface area contributed by atoms with Gasteiger partial charge in [0.25, 0.3) is 0 Å². The van der Waals surface area contributed by atoms with Crippen molar-refractivity contribution < 1.29 is 4.74 Å². The molecule has 1 unspecified atom stereocenters. The molecule has 0 aliphatic heterocycles. The van der Waals surface area contributed by atoms with Crippen molar-refractivity contribution in [3.8, 4) is 5.75 Å². The molecule has 1 aromatic carbocycles.